The summed E-state index contributed by atoms with van der Waals surface area (Å²) in [7, 11) is 0. The number of carbonyl (C=O) groups excluding carboxylic acids is 2. The van der Waals surface area contributed by atoms with Crippen molar-refractivity contribution in [3.05, 3.63) is 22.6 Å². The van der Waals surface area contributed by atoms with Crippen molar-refractivity contribution in [2.45, 2.75) is 30.5 Å². The van der Waals surface area contributed by atoms with Gasteiger partial charge in [0.15, 0.2) is 5.16 Å². The van der Waals surface area contributed by atoms with E-state index in [-0.39, 0.29) is 29.3 Å². The molecule has 0 aliphatic carbocycles. The molecule has 22 heavy (non-hydrogen) atoms. The van der Waals surface area contributed by atoms with Crippen LogP contribution in [0.15, 0.2) is 22.2 Å². The minimum Gasteiger partial charge on any atom is -0.369 e. The molecule has 2 aliphatic rings. The van der Waals surface area contributed by atoms with Gasteiger partial charge in [-0.3, -0.25) is 19.0 Å². The Morgan fingerprint density at radius 1 is 1.36 bits per heavy atom. The summed E-state index contributed by atoms with van der Waals surface area (Å²) < 4.78 is 1.61. The van der Waals surface area contributed by atoms with E-state index in [1.807, 2.05) is 0 Å². The van der Waals surface area contributed by atoms with E-state index < -0.39 is 0 Å². The first-order chi connectivity index (χ1) is 10.6. The van der Waals surface area contributed by atoms with Crippen LogP contribution in [-0.2, 0) is 9.59 Å². The molecule has 2 N–H and O–H groups in total. The van der Waals surface area contributed by atoms with Crippen LogP contribution in [0.3, 0.4) is 0 Å². The van der Waals surface area contributed by atoms with Gasteiger partial charge in [0.25, 0.3) is 5.56 Å². The van der Waals surface area contributed by atoms with Gasteiger partial charge in [0, 0.05) is 43.4 Å². The second-order valence-corrected chi connectivity index (χ2v) is 6.65. The number of hydrogen-bond acceptors (Lipinski definition) is 5. The third-order valence-corrected chi connectivity index (χ3v) is 5.39. The molecular weight excluding hydrogens is 304 g/mol. The number of piperidine rings is 1. The Balaban J connectivity index is 1.63. The molecular formula is C14H18N4O3S. The maximum absolute atomic E-state index is 12.4. The first kappa shape index (κ1) is 15.1. The van der Waals surface area contributed by atoms with E-state index in [0.717, 1.165) is 0 Å². The predicted molar refractivity (Wildman–Crippen MR) is 81.4 cm³/mol. The van der Waals surface area contributed by atoms with E-state index in [2.05, 4.69) is 4.98 Å². The van der Waals surface area contributed by atoms with Gasteiger partial charge in [0.1, 0.15) is 0 Å². The Hall–Kier alpha value is -1.83. The molecule has 0 radical (unpaired) electrons. The zero-order valence-electron chi connectivity index (χ0n) is 12.1. The molecule has 7 nitrogen and oxygen atoms in total. The molecule has 0 spiro atoms. The van der Waals surface area contributed by atoms with Crippen LogP contribution in [0, 0.1) is 5.92 Å². The molecule has 0 bridgehead atoms. The number of carbonyl (C=O) groups is 2. The molecule has 1 aromatic rings. The Morgan fingerprint density at radius 2 is 2.09 bits per heavy atom. The maximum atomic E-state index is 12.4. The first-order valence-corrected chi connectivity index (χ1v) is 8.32. The molecule has 1 unspecified atom stereocenters. The van der Waals surface area contributed by atoms with Gasteiger partial charge in [-0.05, 0) is 12.8 Å². The number of fused-ring (bicyclic) bond motifs is 1. The minimum atomic E-state index is -0.286. The molecule has 118 valence electrons. The van der Waals surface area contributed by atoms with E-state index >= 15 is 0 Å². The quantitative estimate of drug-likeness (QED) is 0.790. The molecule has 8 heteroatoms. The van der Waals surface area contributed by atoms with Crippen molar-refractivity contribution in [3.8, 4) is 0 Å². The van der Waals surface area contributed by atoms with Crippen LogP contribution < -0.4 is 11.3 Å². The Morgan fingerprint density at radius 3 is 2.77 bits per heavy atom. The smallest absolute Gasteiger partial charge is 0.254 e. The van der Waals surface area contributed by atoms with E-state index in [1.54, 1.807) is 9.47 Å². The average Bonchev–Trinajstić information content (AvgIpc) is 2.92. The van der Waals surface area contributed by atoms with Gasteiger partial charge in [0.05, 0.1) is 6.04 Å². The number of primary amides is 1. The summed E-state index contributed by atoms with van der Waals surface area (Å²) in [6.07, 6.45) is 3.05. The Bertz CT molecular complexity index is 652. The van der Waals surface area contributed by atoms with Crippen molar-refractivity contribution in [1.82, 2.24) is 14.5 Å². The summed E-state index contributed by atoms with van der Waals surface area (Å²) >= 11 is 1.50. The fourth-order valence-corrected chi connectivity index (χ4v) is 4.11. The lowest BCUT2D eigenvalue weighted by Gasteiger charge is -2.31. The summed E-state index contributed by atoms with van der Waals surface area (Å²) in [5.41, 5.74) is 5.19. The van der Waals surface area contributed by atoms with Crippen LogP contribution in [0.2, 0.25) is 0 Å². The summed E-state index contributed by atoms with van der Waals surface area (Å²) in [5.74, 6) is 0.303. The Kier molecular flexibility index (Phi) is 4.19. The predicted octanol–water partition coefficient (Wildman–Crippen LogP) is 0.00410. The molecule has 1 fully saturated rings. The van der Waals surface area contributed by atoms with E-state index in [4.69, 9.17) is 5.73 Å². The van der Waals surface area contributed by atoms with Crippen LogP contribution in [0.4, 0.5) is 0 Å². The van der Waals surface area contributed by atoms with E-state index in [1.165, 1.54) is 24.0 Å². The lowest BCUT2D eigenvalue weighted by atomic mass is 9.96. The fourth-order valence-electron chi connectivity index (χ4n) is 2.98. The van der Waals surface area contributed by atoms with Crippen LogP contribution in [0.1, 0.15) is 25.3 Å². The third-order valence-electron chi connectivity index (χ3n) is 4.28. The van der Waals surface area contributed by atoms with Crippen molar-refractivity contribution in [1.29, 1.82) is 0 Å². The first-order valence-electron chi connectivity index (χ1n) is 7.33. The van der Waals surface area contributed by atoms with Gasteiger partial charge < -0.3 is 10.6 Å². The minimum absolute atomic E-state index is 0.0251. The van der Waals surface area contributed by atoms with Crippen LogP contribution in [-0.4, -0.2) is 45.1 Å². The highest BCUT2D eigenvalue weighted by Gasteiger charge is 2.31. The summed E-state index contributed by atoms with van der Waals surface area (Å²) in [4.78, 5) is 41.4. The molecule has 0 aromatic carbocycles. The van der Waals surface area contributed by atoms with Gasteiger partial charge in [-0.15, -0.1) is 0 Å². The van der Waals surface area contributed by atoms with Crippen molar-refractivity contribution < 1.29 is 9.59 Å². The van der Waals surface area contributed by atoms with Crippen molar-refractivity contribution >= 4 is 23.6 Å². The van der Waals surface area contributed by atoms with Crippen LogP contribution in [0.5, 0.6) is 0 Å². The molecule has 2 aliphatic heterocycles. The van der Waals surface area contributed by atoms with Gasteiger partial charge in [-0.25, -0.2) is 4.98 Å². The third kappa shape index (κ3) is 2.87. The van der Waals surface area contributed by atoms with Crippen molar-refractivity contribution in [2.24, 2.45) is 11.7 Å². The average molecular weight is 322 g/mol. The number of amides is 2. The van der Waals surface area contributed by atoms with Crippen molar-refractivity contribution in [2.75, 3.05) is 18.8 Å². The Labute approximate surface area is 131 Å². The van der Waals surface area contributed by atoms with Gasteiger partial charge >= 0.3 is 0 Å². The number of rotatable bonds is 3. The SMILES string of the molecule is NC(=O)C1CCN(C(=O)CC2CSc3nccc(=O)n32)CC1. The number of thioether (sulfide) groups is 1. The lowest BCUT2D eigenvalue weighted by molar-refractivity contribution is -0.135. The highest BCUT2D eigenvalue weighted by molar-refractivity contribution is 7.99. The molecule has 3 heterocycles. The highest BCUT2D eigenvalue weighted by atomic mass is 32.2. The number of nitrogens with two attached hydrogens (primary N) is 1. The molecule has 0 saturated carbocycles. The second-order valence-electron chi connectivity index (χ2n) is 5.66. The van der Waals surface area contributed by atoms with Gasteiger partial charge in [0.2, 0.25) is 11.8 Å². The number of likely N-dealkylation sites (tertiary alicyclic amines) is 1. The van der Waals surface area contributed by atoms with Crippen molar-refractivity contribution in [3.63, 3.8) is 0 Å². The van der Waals surface area contributed by atoms with Gasteiger partial charge in [-0.2, -0.15) is 0 Å². The van der Waals surface area contributed by atoms with Gasteiger partial charge in [-0.1, -0.05) is 11.8 Å². The molecule has 1 atom stereocenters. The largest absolute Gasteiger partial charge is 0.369 e. The molecule has 1 aromatic heterocycles. The number of nitrogens with zero attached hydrogens (tertiary/aromatic N) is 3. The van der Waals surface area contributed by atoms with E-state index in [9.17, 15) is 14.4 Å². The molecule has 1 saturated heterocycles. The van der Waals surface area contributed by atoms with Crippen LogP contribution >= 0.6 is 11.8 Å². The maximum Gasteiger partial charge on any atom is 0.254 e. The van der Waals surface area contributed by atoms with E-state index in [0.29, 0.717) is 43.3 Å². The normalized spacial score (nSPS) is 21.6. The zero-order chi connectivity index (χ0) is 15.7. The zero-order valence-corrected chi connectivity index (χ0v) is 12.9. The summed E-state index contributed by atoms with van der Waals surface area (Å²) in [5, 5.41) is 0.678. The lowest BCUT2D eigenvalue weighted by Crippen LogP contribution is -2.42. The summed E-state index contributed by atoms with van der Waals surface area (Å²) in [6.45, 7) is 1.11. The monoisotopic (exact) mass is 322 g/mol. The molecule has 3 rings (SSSR count). The topological polar surface area (TPSA) is 98.3 Å². The second kappa shape index (κ2) is 6.12. The molecule has 2 amide bonds. The van der Waals surface area contributed by atoms with Crippen LogP contribution in [0.25, 0.3) is 0 Å². The number of aromatic nitrogens is 2. The number of hydrogen-bond donors (Lipinski definition) is 1. The fraction of sp³-hybridized carbons (Fsp3) is 0.571. The standard InChI is InChI=1S/C14H18N4O3S/c15-13(21)9-2-5-17(6-3-9)12(20)7-10-8-22-14-16-4-1-11(19)18(10)14/h1,4,9-10H,2-3,5-8H2,(H2,15,21). The highest BCUT2D eigenvalue weighted by Crippen LogP contribution is 2.32. The summed E-state index contributed by atoms with van der Waals surface area (Å²) in [6, 6.07) is 1.29.